The molecule has 0 spiro atoms. The second-order valence-electron chi connectivity index (χ2n) is 5.71. The van der Waals surface area contributed by atoms with Gasteiger partial charge in [0.15, 0.2) is 11.5 Å². The van der Waals surface area contributed by atoms with Gasteiger partial charge in [-0.2, -0.15) is 18.4 Å². The van der Waals surface area contributed by atoms with Gasteiger partial charge in [0.2, 0.25) is 5.75 Å². The molecule has 0 unspecified atom stereocenters. The third-order valence-corrected chi connectivity index (χ3v) is 3.89. The summed E-state index contributed by atoms with van der Waals surface area (Å²) < 4.78 is 49.5. The predicted octanol–water partition coefficient (Wildman–Crippen LogP) is 5.00. The van der Waals surface area contributed by atoms with Gasteiger partial charge in [0.25, 0.3) is 0 Å². The number of nitriles is 1. The Morgan fingerprint density at radius 1 is 1.27 bits per heavy atom. The van der Waals surface area contributed by atoms with Crippen LogP contribution in [-0.4, -0.2) is 16.5 Å². The van der Waals surface area contributed by atoms with Gasteiger partial charge in [-0.3, -0.25) is 10.1 Å². The van der Waals surface area contributed by atoms with E-state index in [0.717, 1.165) is 6.07 Å². The van der Waals surface area contributed by atoms with E-state index in [1.807, 2.05) is 6.07 Å². The molecule has 0 aliphatic heterocycles. The fourth-order valence-corrected chi connectivity index (χ4v) is 2.44. The van der Waals surface area contributed by atoms with E-state index in [1.54, 1.807) is 6.92 Å². The van der Waals surface area contributed by atoms with E-state index < -0.39 is 28.1 Å². The number of ether oxygens (including phenoxy) is 2. The fourth-order valence-electron chi connectivity index (χ4n) is 2.33. The van der Waals surface area contributed by atoms with Crippen LogP contribution < -0.4 is 15.2 Å². The van der Waals surface area contributed by atoms with Crippen LogP contribution >= 0.6 is 12.2 Å². The zero-order chi connectivity index (χ0) is 22.5. The Kier molecular flexibility index (Phi) is 6.97. The number of nitro groups is 1. The predicted molar refractivity (Wildman–Crippen MR) is 106 cm³/mol. The number of alkyl halides is 3. The van der Waals surface area contributed by atoms with Crippen molar-refractivity contribution in [1.29, 1.82) is 5.26 Å². The monoisotopic (exact) mass is 437 g/mol. The molecule has 0 heterocycles. The minimum absolute atomic E-state index is 0.0330. The van der Waals surface area contributed by atoms with Crippen LogP contribution in [0, 0.1) is 21.4 Å². The average molecular weight is 437 g/mol. The summed E-state index contributed by atoms with van der Waals surface area (Å²) in [4.78, 5) is 10.2. The lowest BCUT2D eigenvalue weighted by atomic mass is 10.1. The molecular formula is C19H14F3N3O4S. The molecule has 0 saturated heterocycles. The average Bonchev–Trinajstić information content (AvgIpc) is 2.67. The van der Waals surface area contributed by atoms with Crippen molar-refractivity contribution in [2.24, 2.45) is 5.73 Å². The second kappa shape index (κ2) is 9.23. The maximum Gasteiger partial charge on any atom is 0.416 e. The first-order chi connectivity index (χ1) is 14.1. The van der Waals surface area contributed by atoms with E-state index in [4.69, 9.17) is 32.7 Å². The molecule has 0 amide bonds. The first-order valence-electron chi connectivity index (χ1n) is 8.28. The minimum Gasteiger partial charge on any atom is -0.490 e. The number of hydrogen-bond donors (Lipinski definition) is 1. The molecule has 0 atom stereocenters. The van der Waals surface area contributed by atoms with Crippen molar-refractivity contribution in [1.82, 2.24) is 0 Å². The van der Waals surface area contributed by atoms with Crippen molar-refractivity contribution in [3.05, 3.63) is 63.2 Å². The van der Waals surface area contributed by atoms with Crippen LogP contribution in [0.15, 0.2) is 42.0 Å². The van der Waals surface area contributed by atoms with Crippen LogP contribution in [-0.2, 0) is 6.18 Å². The molecule has 11 heteroatoms. The van der Waals surface area contributed by atoms with Crippen molar-refractivity contribution >= 4 is 29.0 Å². The first kappa shape index (κ1) is 22.6. The Morgan fingerprint density at radius 2 is 1.93 bits per heavy atom. The van der Waals surface area contributed by atoms with E-state index in [9.17, 15) is 23.3 Å². The summed E-state index contributed by atoms with van der Waals surface area (Å²) in [5.41, 5.74) is 3.97. The summed E-state index contributed by atoms with van der Waals surface area (Å²) in [5, 5.41) is 20.3. The molecule has 30 heavy (non-hydrogen) atoms. The number of thiocarbonyl (C=S) groups is 1. The SMILES string of the molecule is CCOc1cc(/C=C(\C#N)C(N)=S)ccc1Oc1ccc(C(F)(F)F)cc1[N+](=O)[O-]. The summed E-state index contributed by atoms with van der Waals surface area (Å²) in [6.45, 7) is 1.89. The molecule has 0 fully saturated rings. The van der Waals surface area contributed by atoms with Crippen LogP contribution in [0.2, 0.25) is 0 Å². The van der Waals surface area contributed by atoms with Gasteiger partial charge in [-0.1, -0.05) is 18.3 Å². The van der Waals surface area contributed by atoms with Gasteiger partial charge in [-0.25, -0.2) is 0 Å². The van der Waals surface area contributed by atoms with Crippen LogP contribution in [0.3, 0.4) is 0 Å². The van der Waals surface area contributed by atoms with E-state index in [1.165, 1.54) is 24.3 Å². The number of rotatable bonds is 7. The molecular weight excluding hydrogens is 423 g/mol. The maximum atomic E-state index is 12.9. The summed E-state index contributed by atoms with van der Waals surface area (Å²) >= 11 is 4.77. The molecule has 0 bridgehead atoms. The maximum absolute atomic E-state index is 12.9. The Hall–Kier alpha value is -3.65. The molecule has 0 aromatic heterocycles. The molecule has 2 N–H and O–H groups in total. The topological polar surface area (TPSA) is 111 Å². The van der Waals surface area contributed by atoms with E-state index >= 15 is 0 Å². The molecule has 0 radical (unpaired) electrons. The Bertz CT molecular complexity index is 1060. The van der Waals surface area contributed by atoms with Gasteiger partial charge in [0.05, 0.1) is 22.7 Å². The van der Waals surface area contributed by atoms with Gasteiger partial charge in [0.1, 0.15) is 11.1 Å². The highest BCUT2D eigenvalue weighted by Crippen LogP contribution is 2.40. The molecule has 0 aliphatic carbocycles. The van der Waals surface area contributed by atoms with Gasteiger partial charge in [0, 0.05) is 6.07 Å². The summed E-state index contributed by atoms with van der Waals surface area (Å²) in [6, 6.07) is 8.17. The smallest absolute Gasteiger partial charge is 0.416 e. The summed E-state index contributed by atoms with van der Waals surface area (Å²) in [5.74, 6) is -0.204. The lowest BCUT2D eigenvalue weighted by Crippen LogP contribution is -2.09. The van der Waals surface area contributed by atoms with Crippen LogP contribution in [0.25, 0.3) is 6.08 Å². The minimum atomic E-state index is -4.74. The zero-order valence-corrected chi connectivity index (χ0v) is 16.2. The summed E-state index contributed by atoms with van der Waals surface area (Å²) in [7, 11) is 0. The van der Waals surface area contributed by atoms with Crippen LogP contribution in [0.4, 0.5) is 18.9 Å². The van der Waals surface area contributed by atoms with Crippen molar-refractivity contribution < 1.29 is 27.6 Å². The third kappa shape index (κ3) is 5.45. The zero-order valence-electron chi connectivity index (χ0n) is 15.4. The molecule has 7 nitrogen and oxygen atoms in total. The van der Waals surface area contributed by atoms with Crippen molar-refractivity contribution in [2.45, 2.75) is 13.1 Å². The van der Waals surface area contributed by atoms with Crippen molar-refractivity contribution in [3.8, 4) is 23.3 Å². The molecule has 156 valence electrons. The Morgan fingerprint density at radius 3 is 2.47 bits per heavy atom. The Labute approximate surface area is 174 Å². The quantitative estimate of drug-likeness (QED) is 0.213. The van der Waals surface area contributed by atoms with Crippen LogP contribution in [0.1, 0.15) is 18.1 Å². The van der Waals surface area contributed by atoms with Crippen molar-refractivity contribution in [2.75, 3.05) is 6.61 Å². The number of halogens is 3. The standard InChI is InChI=1S/C19H14F3N3O4S/c1-2-28-17-8-11(7-12(10-23)18(24)30)3-5-16(17)29-15-6-4-13(19(20,21)22)9-14(15)25(26)27/h3-9H,2H2,1H3,(H2,24,30)/b12-7+. The van der Waals surface area contributed by atoms with Gasteiger partial charge in [-0.05, 0) is 42.8 Å². The highest BCUT2D eigenvalue weighted by molar-refractivity contribution is 7.80. The number of hydrogen-bond acceptors (Lipinski definition) is 6. The largest absolute Gasteiger partial charge is 0.490 e. The van der Waals surface area contributed by atoms with Gasteiger partial charge < -0.3 is 15.2 Å². The number of benzene rings is 2. The molecule has 2 aromatic carbocycles. The number of nitro benzene ring substituents is 1. The summed E-state index contributed by atoms with van der Waals surface area (Å²) in [6.07, 6.45) is -3.33. The molecule has 0 aliphatic rings. The lowest BCUT2D eigenvalue weighted by Gasteiger charge is -2.13. The fraction of sp³-hybridized carbons (Fsp3) is 0.158. The first-order valence-corrected chi connectivity index (χ1v) is 8.69. The van der Waals surface area contributed by atoms with E-state index in [-0.39, 0.29) is 28.7 Å². The lowest BCUT2D eigenvalue weighted by molar-refractivity contribution is -0.385. The third-order valence-electron chi connectivity index (χ3n) is 3.67. The highest BCUT2D eigenvalue weighted by atomic mass is 32.1. The van der Waals surface area contributed by atoms with Crippen molar-refractivity contribution in [3.63, 3.8) is 0 Å². The molecule has 2 aromatic rings. The highest BCUT2D eigenvalue weighted by Gasteiger charge is 2.33. The number of nitrogens with zero attached hydrogens (tertiary/aromatic N) is 2. The second-order valence-corrected chi connectivity index (χ2v) is 6.15. The molecule has 2 rings (SSSR count). The van der Waals surface area contributed by atoms with E-state index in [2.05, 4.69) is 0 Å². The van der Waals surface area contributed by atoms with Gasteiger partial charge >= 0.3 is 11.9 Å². The number of nitrogens with two attached hydrogens (primary N) is 1. The molecule has 0 saturated carbocycles. The van der Waals surface area contributed by atoms with Gasteiger partial charge in [-0.15, -0.1) is 0 Å². The van der Waals surface area contributed by atoms with E-state index in [0.29, 0.717) is 17.7 Å². The van der Waals surface area contributed by atoms with Crippen LogP contribution in [0.5, 0.6) is 17.2 Å². The normalized spacial score (nSPS) is 11.5. The Balaban J connectivity index is 2.49.